The first-order chi connectivity index (χ1) is 18.1. The van der Waals surface area contributed by atoms with Gasteiger partial charge in [-0.3, -0.25) is 4.79 Å². The van der Waals surface area contributed by atoms with Crippen molar-refractivity contribution in [2.24, 2.45) is 11.1 Å². The molecule has 1 aliphatic heterocycles. The Morgan fingerprint density at radius 3 is 2.61 bits per heavy atom. The van der Waals surface area contributed by atoms with Crippen LogP contribution in [-0.4, -0.2) is 20.5 Å². The molecular weight excluding hydrogens is 494 g/mol. The zero-order valence-corrected chi connectivity index (χ0v) is 22.5. The lowest BCUT2D eigenvalue weighted by Gasteiger charge is -2.37. The second-order valence-corrected chi connectivity index (χ2v) is 11.9. The van der Waals surface area contributed by atoms with E-state index < -0.39 is 5.92 Å². The maximum Gasteiger partial charge on any atom is 0.211 e. The zero-order chi connectivity index (χ0) is 26.8. The highest BCUT2D eigenvalue weighted by molar-refractivity contribution is 7.20. The van der Waals surface area contributed by atoms with Crippen LogP contribution >= 0.6 is 11.3 Å². The van der Waals surface area contributed by atoms with Gasteiger partial charge in [-0.1, -0.05) is 61.1 Å². The predicted molar refractivity (Wildman–Crippen MR) is 147 cm³/mol. The average molecular weight is 522 g/mol. The van der Waals surface area contributed by atoms with Crippen molar-refractivity contribution in [1.82, 2.24) is 14.8 Å². The number of nitrogens with zero attached hydrogens (tertiary/aromatic N) is 4. The second kappa shape index (κ2) is 8.67. The third-order valence-electron chi connectivity index (χ3n) is 7.18. The number of aromatic nitrogens is 3. The van der Waals surface area contributed by atoms with E-state index in [1.807, 2.05) is 63.4 Å². The molecule has 1 aliphatic carbocycles. The van der Waals surface area contributed by atoms with Crippen LogP contribution in [0, 0.1) is 30.6 Å². The molecule has 1 unspecified atom stereocenters. The molecule has 4 aromatic rings. The number of nitrogens with two attached hydrogens (primary N) is 1. The van der Waals surface area contributed by atoms with Crippen molar-refractivity contribution in [1.29, 1.82) is 5.26 Å². The number of thiazole rings is 1. The molecule has 0 fully saturated rings. The first kappa shape index (κ1) is 24.1. The number of hydrogen-bond acceptors (Lipinski definition) is 7. The Kier molecular flexibility index (Phi) is 5.51. The Balaban J connectivity index is 1.59. The van der Waals surface area contributed by atoms with Crippen molar-refractivity contribution in [2.75, 3.05) is 0 Å². The summed E-state index contributed by atoms with van der Waals surface area (Å²) in [7, 11) is 0. The van der Waals surface area contributed by atoms with Gasteiger partial charge in [0.15, 0.2) is 5.78 Å². The van der Waals surface area contributed by atoms with E-state index in [-0.39, 0.29) is 22.7 Å². The number of rotatable bonds is 3. The molecule has 3 heterocycles. The van der Waals surface area contributed by atoms with Gasteiger partial charge in [-0.05, 0) is 37.0 Å². The largest absolute Gasteiger partial charge is 0.444 e. The normalized spacial score (nSPS) is 18.9. The van der Waals surface area contributed by atoms with Gasteiger partial charge in [-0.25, -0.2) is 9.67 Å². The summed E-state index contributed by atoms with van der Waals surface area (Å²) in [6.45, 7) is 8.16. The van der Waals surface area contributed by atoms with Crippen LogP contribution in [0.5, 0.6) is 0 Å². The summed E-state index contributed by atoms with van der Waals surface area (Å²) in [6, 6.07) is 16.4. The minimum absolute atomic E-state index is 0.0282. The number of ketones is 1. The second-order valence-electron chi connectivity index (χ2n) is 10.9. The molecule has 0 spiro atoms. The molecule has 2 aliphatic rings. The molecule has 190 valence electrons. The van der Waals surface area contributed by atoms with E-state index in [0.717, 1.165) is 32.5 Å². The molecule has 0 saturated carbocycles. The Hall–Kier alpha value is -4.22. The molecule has 38 heavy (non-hydrogen) atoms. The Labute approximate surface area is 224 Å². The number of nitriles is 1. The fourth-order valence-corrected chi connectivity index (χ4v) is 6.34. The summed E-state index contributed by atoms with van der Waals surface area (Å²) in [4.78, 5) is 18.4. The number of carbonyl (C=O) groups is 1. The van der Waals surface area contributed by atoms with Crippen molar-refractivity contribution < 1.29 is 9.53 Å². The van der Waals surface area contributed by atoms with Crippen LogP contribution in [0.1, 0.15) is 49.3 Å². The highest BCUT2D eigenvalue weighted by Crippen LogP contribution is 2.49. The highest BCUT2D eigenvalue weighted by atomic mass is 32.1. The van der Waals surface area contributed by atoms with Gasteiger partial charge in [0.05, 0.1) is 21.8 Å². The molecule has 8 heteroatoms. The van der Waals surface area contributed by atoms with Gasteiger partial charge in [-0.15, -0.1) is 0 Å². The molecular formula is C30H27N5O2S. The van der Waals surface area contributed by atoms with Crippen molar-refractivity contribution in [2.45, 2.75) is 46.5 Å². The van der Waals surface area contributed by atoms with Crippen molar-refractivity contribution >= 4 is 27.3 Å². The molecule has 0 radical (unpaired) electrons. The highest BCUT2D eigenvalue weighted by Gasteiger charge is 2.44. The Morgan fingerprint density at radius 1 is 1.13 bits per heavy atom. The summed E-state index contributed by atoms with van der Waals surface area (Å²) >= 11 is 1.55. The van der Waals surface area contributed by atoms with Gasteiger partial charge in [0, 0.05) is 35.7 Å². The number of benzene rings is 2. The van der Waals surface area contributed by atoms with Gasteiger partial charge in [0.1, 0.15) is 17.4 Å². The molecule has 2 aromatic carbocycles. The van der Waals surface area contributed by atoms with E-state index in [0.29, 0.717) is 35.0 Å². The minimum atomic E-state index is -0.672. The topological polar surface area (TPSA) is 107 Å². The summed E-state index contributed by atoms with van der Waals surface area (Å²) in [5, 5.41) is 15.9. The van der Waals surface area contributed by atoms with Crippen LogP contribution in [0.25, 0.3) is 26.6 Å². The van der Waals surface area contributed by atoms with E-state index in [2.05, 4.69) is 19.1 Å². The van der Waals surface area contributed by atoms with Crippen LogP contribution in [0.4, 0.5) is 0 Å². The van der Waals surface area contributed by atoms with Gasteiger partial charge in [0.2, 0.25) is 11.0 Å². The number of Topliss-reactive ketones (excluding diaryl/α,β-unsaturated/α-hetero) is 1. The number of allylic oxidation sites excluding steroid dienone is 3. The minimum Gasteiger partial charge on any atom is -0.444 e. The first-order valence-corrected chi connectivity index (χ1v) is 13.3. The fraction of sp³-hybridized carbons (Fsp3) is 0.267. The number of ether oxygens (including phenoxy) is 1. The standard InChI is InChI=1S/C30H27N5O2S/c1-16-5-8-18(9-6-16)27-20(15-35(34-27)29-33-21-10-7-17(2)11-24(21)38-29)25-19(14-31)28(32)37-23-13-30(3,4)12-22(36)26(23)25/h5-11,15,25H,12-13,32H2,1-4H3. The average Bonchev–Trinajstić information content (AvgIpc) is 3.47. The number of fused-ring (bicyclic) bond motifs is 1. The molecule has 0 amide bonds. The fourth-order valence-electron chi connectivity index (χ4n) is 5.35. The lowest BCUT2D eigenvalue weighted by atomic mass is 9.70. The quantitative estimate of drug-likeness (QED) is 0.343. The van der Waals surface area contributed by atoms with E-state index in [1.165, 1.54) is 0 Å². The summed E-state index contributed by atoms with van der Waals surface area (Å²) < 4.78 is 8.73. The van der Waals surface area contributed by atoms with E-state index in [1.54, 1.807) is 16.0 Å². The number of hydrogen-bond donors (Lipinski definition) is 1. The maximum atomic E-state index is 13.6. The Morgan fingerprint density at radius 2 is 1.87 bits per heavy atom. The molecule has 1 atom stereocenters. The van der Waals surface area contributed by atoms with Crippen LogP contribution in [-0.2, 0) is 9.53 Å². The van der Waals surface area contributed by atoms with Crippen molar-refractivity contribution in [3.63, 3.8) is 0 Å². The van der Waals surface area contributed by atoms with E-state index >= 15 is 0 Å². The van der Waals surface area contributed by atoms with E-state index in [9.17, 15) is 10.1 Å². The summed E-state index contributed by atoms with van der Waals surface area (Å²) in [5.74, 6) is -0.112. The van der Waals surface area contributed by atoms with Crippen LogP contribution < -0.4 is 5.73 Å². The summed E-state index contributed by atoms with van der Waals surface area (Å²) in [6.07, 6.45) is 2.82. The summed E-state index contributed by atoms with van der Waals surface area (Å²) in [5.41, 5.74) is 12.2. The molecule has 2 N–H and O–H groups in total. The predicted octanol–water partition coefficient (Wildman–Crippen LogP) is 6.22. The van der Waals surface area contributed by atoms with Crippen LogP contribution in [0.15, 0.2) is 71.4 Å². The molecule has 2 aromatic heterocycles. The van der Waals surface area contributed by atoms with Crippen molar-refractivity contribution in [3.8, 4) is 22.5 Å². The smallest absolute Gasteiger partial charge is 0.211 e. The van der Waals surface area contributed by atoms with Gasteiger partial charge < -0.3 is 10.5 Å². The van der Waals surface area contributed by atoms with Crippen molar-refractivity contribution in [3.05, 3.63) is 88.1 Å². The lowest BCUT2D eigenvalue weighted by Crippen LogP contribution is -2.33. The van der Waals surface area contributed by atoms with Crippen LogP contribution in [0.2, 0.25) is 0 Å². The third-order valence-corrected chi connectivity index (χ3v) is 8.19. The van der Waals surface area contributed by atoms with Gasteiger partial charge in [0.25, 0.3) is 0 Å². The van der Waals surface area contributed by atoms with Gasteiger partial charge in [-0.2, -0.15) is 10.4 Å². The van der Waals surface area contributed by atoms with Gasteiger partial charge >= 0.3 is 0 Å². The number of carbonyl (C=O) groups excluding carboxylic acids is 1. The first-order valence-electron chi connectivity index (χ1n) is 12.5. The number of aryl methyl sites for hydroxylation is 2. The maximum absolute atomic E-state index is 13.6. The molecule has 7 nitrogen and oxygen atoms in total. The Bertz CT molecular complexity index is 1730. The SMILES string of the molecule is Cc1ccc(-c2nn(-c3nc4ccc(C)cc4s3)cc2C2C(C#N)=C(N)OC3=C2C(=O)CC(C)(C)C3)cc1. The van der Waals surface area contributed by atoms with E-state index in [4.69, 9.17) is 20.6 Å². The molecule has 0 bridgehead atoms. The molecule has 0 saturated heterocycles. The third kappa shape index (κ3) is 4.00. The monoisotopic (exact) mass is 521 g/mol. The zero-order valence-electron chi connectivity index (χ0n) is 21.7. The lowest BCUT2D eigenvalue weighted by molar-refractivity contribution is -0.119. The molecule has 6 rings (SSSR count). The van der Waals surface area contributed by atoms with Crippen LogP contribution in [0.3, 0.4) is 0 Å².